The number of carbonyl (C=O) groups is 3. The first kappa shape index (κ1) is 21.2. The fourth-order valence-electron chi connectivity index (χ4n) is 2.51. The molecule has 28 heavy (non-hydrogen) atoms. The molecule has 4 N–H and O–H groups in total. The van der Waals surface area contributed by atoms with Crippen LogP contribution in [-0.2, 0) is 20.9 Å². The number of nitrogens with two attached hydrogens (primary N) is 1. The van der Waals surface area contributed by atoms with E-state index in [9.17, 15) is 14.4 Å². The smallest absolute Gasteiger partial charge is 0.312 e. The summed E-state index contributed by atoms with van der Waals surface area (Å²) in [5.41, 5.74) is 6.76. The number of primary amides is 1. The Hall–Kier alpha value is -3.06. The molecule has 0 bridgehead atoms. The Morgan fingerprint density at radius 2 is 1.71 bits per heavy atom. The summed E-state index contributed by atoms with van der Waals surface area (Å²) in [6.07, 6.45) is -1.16. The minimum Gasteiger partial charge on any atom is -0.452 e. The molecule has 8 heteroatoms. The van der Waals surface area contributed by atoms with Crippen LogP contribution in [0, 0.1) is 0 Å². The number of hydrogen-bond donors (Lipinski definition) is 3. The van der Waals surface area contributed by atoms with Gasteiger partial charge in [0.25, 0.3) is 5.91 Å². The number of amides is 3. The average molecular weight is 404 g/mol. The van der Waals surface area contributed by atoms with Gasteiger partial charge in [-0.15, -0.1) is 0 Å². The third-order valence-electron chi connectivity index (χ3n) is 3.95. The van der Waals surface area contributed by atoms with Crippen LogP contribution in [0.1, 0.15) is 30.5 Å². The van der Waals surface area contributed by atoms with Gasteiger partial charge in [0, 0.05) is 11.6 Å². The van der Waals surface area contributed by atoms with Gasteiger partial charge in [-0.2, -0.15) is 0 Å². The highest BCUT2D eigenvalue weighted by Crippen LogP contribution is 2.20. The molecule has 0 aromatic heterocycles. The van der Waals surface area contributed by atoms with Gasteiger partial charge in [0.2, 0.25) is 0 Å². The molecule has 3 amide bonds. The molecule has 0 spiro atoms. The highest BCUT2D eigenvalue weighted by Gasteiger charge is 2.22. The number of halogens is 1. The normalized spacial score (nSPS) is 12.5. The van der Waals surface area contributed by atoms with Crippen LogP contribution < -0.4 is 16.4 Å². The van der Waals surface area contributed by atoms with Crippen molar-refractivity contribution in [3.63, 3.8) is 0 Å². The van der Waals surface area contributed by atoms with E-state index in [1.807, 2.05) is 30.3 Å². The van der Waals surface area contributed by atoms with Crippen LogP contribution in [0.2, 0.25) is 5.02 Å². The van der Waals surface area contributed by atoms with Gasteiger partial charge in [-0.25, -0.2) is 4.79 Å². The molecule has 0 saturated heterocycles. The molecule has 0 fully saturated rings. The first-order valence-electron chi connectivity index (χ1n) is 8.67. The largest absolute Gasteiger partial charge is 0.452 e. The monoisotopic (exact) mass is 403 g/mol. The van der Waals surface area contributed by atoms with Gasteiger partial charge in [-0.05, 0) is 30.2 Å². The van der Waals surface area contributed by atoms with Crippen molar-refractivity contribution >= 4 is 29.5 Å². The summed E-state index contributed by atoms with van der Waals surface area (Å²) in [7, 11) is 0. The van der Waals surface area contributed by atoms with Crippen molar-refractivity contribution in [3.8, 4) is 0 Å². The molecule has 0 unspecified atom stereocenters. The average Bonchev–Trinajstić information content (AvgIpc) is 2.66. The summed E-state index contributed by atoms with van der Waals surface area (Å²) in [6.45, 7) is 1.81. The number of esters is 1. The fourth-order valence-corrected chi connectivity index (χ4v) is 2.64. The van der Waals surface area contributed by atoms with Gasteiger partial charge in [0.15, 0.2) is 6.10 Å². The van der Waals surface area contributed by atoms with E-state index in [4.69, 9.17) is 22.1 Å². The minimum absolute atomic E-state index is 0.180. The Morgan fingerprint density at radius 3 is 2.32 bits per heavy atom. The Kier molecular flexibility index (Phi) is 7.83. The van der Waals surface area contributed by atoms with E-state index in [1.54, 1.807) is 24.3 Å². The lowest BCUT2D eigenvalue weighted by Crippen LogP contribution is -2.37. The van der Waals surface area contributed by atoms with Crippen molar-refractivity contribution in [2.45, 2.75) is 32.0 Å². The molecule has 2 aromatic carbocycles. The molecule has 7 nitrogen and oxygen atoms in total. The predicted octanol–water partition coefficient (Wildman–Crippen LogP) is 2.69. The molecule has 2 rings (SSSR count). The molecule has 0 aliphatic rings. The van der Waals surface area contributed by atoms with E-state index >= 15 is 0 Å². The molecular weight excluding hydrogens is 382 g/mol. The zero-order valence-corrected chi connectivity index (χ0v) is 16.1. The van der Waals surface area contributed by atoms with Crippen LogP contribution in [0.15, 0.2) is 54.6 Å². The number of benzene rings is 2. The molecule has 0 saturated carbocycles. The number of nitrogens with one attached hydrogen (secondary N) is 2. The lowest BCUT2D eigenvalue weighted by Gasteiger charge is -2.19. The van der Waals surface area contributed by atoms with E-state index in [1.165, 1.54) is 6.92 Å². The van der Waals surface area contributed by atoms with E-state index in [0.717, 1.165) is 5.56 Å². The Labute approximate surface area is 168 Å². The second kappa shape index (κ2) is 10.3. The lowest BCUT2D eigenvalue weighted by molar-refractivity contribution is -0.155. The van der Waals surface area contributed by atoms with Crippen LogP contribution in [0.25, 0.3) is 0 Å². The first-order valence-corrected chi connectivity index (χ1v) is 9.05. The van der Waals surface area contributed by atoms with Gasteiger partial charge in [0.05, 0.1) is 12.5 Å². The summed E-state index contributed by atoms with van der Waals surface area (Å²) in [6, 6.07) is 14.5. The van der Waals surface area contributed by atoms with Crippen molar-refractivity contribution in [2.75, 3.05) is 0 Å². The Bertz CT molecular complexity index is 812. The Balaban J connectivity index is 1.90. The maximum absolute atomic E-state index is 12.2. The summed E-state index contributed by atoms with van der Waals surface area (Å²) in [5.74, 6) is -1.06. The van der Waals surface area contributed by atoms with Crippen LogP contribution >= 0.6 is 11.6 Å². The van der Waals surface area contributed by atoms with Gasteiger partial charge in [0.1, 0.15) is 0 Å². The quantitative estimate of drug-likeness (QED) is 0.588. The molecule has 0 aliphatic carbocycles. The van der Waals surface area contributed by atoms with Crippen molar-refractivity contribution < 1.29 is 19.1 Å². The lowest BCUT2D eigenvalue weighted by atomic mass is 10.0. The molecule has 0 heterocycles. The van der Waals surface area contributed by atoms with E-state index < -0.39 is 30.1 Å². The number of carbonyl (C=O) groups excluding carboxylic acids is 3. The molecule has 2 atom stereocenters. The second-order valence-electron chi connectivity index (χ2n) is 6.15. The zero-order valence-electron chi connectivity index (χ0n) is 15.4. The molecule has 0 radical (unpaired) electrons. The standard InChI is InChI=1S/C20H22ClN3O4/c1-13(19(26)23-12-14-5-3-2-4-6-14)28-18(25)11-17(24-20(22)27)15-7-9-16(21)10-8-15/h2-10,13,17H,11-12H2,1H3,(H,23,26)(H3,22,24,27)/t13-,17+/m0/s1. The maximum atomic E-state index is 12.2. The number of hydrogen-bond acceptors (Lipinski definition) is 4. The molecule has 2 aromatic rings. The number of urea groups is 1. The summed E-state index contributed by atoms with van der Waals surface area (Å²) < 4.78 is 5.19. The third kappa shape index (κ3) is 6.92. The highest BCUT2D eigenvalue weighted by molar-refractivity contribution is 6.30. The SMILES string of the molecule is C[C@H](OC(=O)C[C@@H](NC(N)=O)c1ccc(Cl)cc1)C(=O)NCc1ccccc1. The van der Waals surface area contributed by atoms with Crippen LogP contribution in [0.4, 0.5) is 4.79 Å². The topological polar surface area (TPSA) is 111 Å². The molecular formula is C20H22ClN3O4. The highest BCUT2D eigenvalue weighted by atomic mass is 35.5. The fraction of sp³-hybridized carbons (Fsp3) is 0.250. The summed E-state index contributed by atoms with van der Waals surface area (Å²) >= 11 is 5.86. The van der Waals surface area contributed by atoms with Crippen molar-refractivity contribution in [1.82, 2.24) is 10.6 Å². The molecule has 0 aliphatic heterocycles. The van der Waals surface area contributed by atoms with Gasteiger partial charge in [-0.3, -0.25) is 9.59 Å². The summed E-state index contributed by atoms with van der Waals surface area (Å²) in [4.78, 5) is 35.6. The van der Waals surface area contributed by atoms with Crippen LogP contribution in [0.5, 0.6) is 0 Å². The van der Waals surface area contributed by atoms with Crippen molar-refractivity contribution in [3.05, 3.63) is 70.7 Å². The van der Waals surface area contributed by atoms with E-state index in [0.29, 0.717) is 17.1 Å². The first-order chi connectivity index (χ1) is 13.3. The van der Waals surface area contributed by atoms with E-state index in [-0.39, 0.29) is 6.42 Å². The third-order valence-corrected chi connectivity index (χ3v) is 4.20. The van der Waals surface area contributed by atoms with Gasteiger partial charge in [-0.1, -0.05) is 54.1 Å². The minimum atomic E-state index is -0.976. The number of rotatable bonds is 8. The predicted molar refractivity (Wildman–Crippen MR) is 105 cm³/mol. The van der Waals surface area contributed by atoms with Crippen molar-refractivity contribution in [1.29, 1.82) is 0 Å². The van der Waals surface area contributed by atoms with Gasteiger partial charge < -0.3 is 21.1 Å². The summed E-state index contributed by atoms with van der Waals surface area (Å²) in [5, 5.41) is 5.72. The van der Waals surface area contributed by atoms with Crippen LogP contribution in [0.3, 0.4) is 0 Å². The van der Waals surface area contributed by atoms with Gasteiger partial charge >= 0.3 is 12.0 Å². The maximum Gasteiger partial charge on any atom is 0.312 e. The number of ether oxygens (including phenoxy) is 1. The zero-order chi connectivity index (χ0) is 20.5. The van der Waals surface area contributed by atoms with E-state index in [2.05, 4.69) is 10.6 Å². The Morgan fingerprint density at radius 1 is 1.07 bits per heavy atom. The van der Waals surface area contributed by atoms with Crippen LogP contribution in [-0.4, -0.2) is 24.0 Å². The molecule has 148 valence electrons. The second-order valence-corrected chi connectivity index (χ2v) is 6.59. The van der Waals surface area contributed by atoms with Crippen molar-refractivity contribution in [2.24, 2.45) is 5.73 Å².